The van der Waals surface area contributed by atoms with Gasteiger partial charge in [0.1, 0.15) is 18.0 Å². The van der Waals surface area contributed by atoms with E-state index in [0.29, 0.717) is 23.3 Å². The van der Waals surface area contributed by atoms with E-state index >= 15 is 4.39 Å². The molecule has 0 saturated carbocycles. The standard InChI is InChI=1S/C41H49FN4O5/c1-7-33(29-14-9-8-10-15-29)38(31-20-23-35-34(28-31)39(42)43-46(35)37-17-11-12-26-50-37)30-18-21-32(22-19-30)49-27-25-45(40(48)51-41(2,3)4)24-13-16-36(47)44(5)6/h8-10,13-16,18-23,28,37H,7,11-12,17,24-27H2,1-6H3/b16-13+,38-33+. The first-order valence-corrected chi connectivity index (χ1v) is 17.6. The third-order valence-corrected chi connectivity index (χ3v) is 8.61. The van der Waals surface area contributed by atoms with Gasteiger partial charge in [0.05, 0.1) is 17.4 Å². The highest BCUT2D eigenvalue weighted by Crippen LogP contribution is 2.37. The molecule has 0 bridgehead atoms. The maximum atomic E-state index is 15.4. The molecule has 0 N–H and O–H groups in total. The first-order valence-electron chi connectivity index (χ1n) is 17.6. The largest absolute Gasteiger partial charge is 0.492 e. The molecule has 1 aromatic heterocycles. The fourth-order valence-electron chi connectivity index (χ4n) is 6.08. The van der Waals surface area contributed by atoms with Gasteiger partial charge in [0, 0.05) is 33.3 Å². The molecule has 9 nitrogen and oxygen atoms in total. The molecule has 10 heteroatoms. The number of nitrogens with zero attached hydrogens (tertiary/aromatic N) is 4. The zero-order chi connectivity index (χ0) is 36.5. The number of likely N-dealkylation sites (N-methyl/N-ethyl adjacent to an activating group) is 1. The number of fused-ring (bicyclic) bond motifs is 1. The van der Waals surface area contributed by atoms with Gasteiger partial charge >= 0.3 is 6.09 Å². The van der Waals surface area contributed by atoms with Crippen LogP contribution >= 0.6 is 0 Å². The minimum Gasteiger partial charge on any atom is -0.492 e. The Balaban J connectivity index is 1.40. The predicted octanol–water partition coefficient (Wildman–Crippen LogP) is 8.50. The lowest BCUT2D eigenvalue weighted by atomic mass is 9.88. The first kappa shape index (κ1) is 37.3. The van der Waals surface area contributed by atoms with Crippen molar-refractivity contribution in [2.24, 2.45) is 0 Å². The van der Waals surface area contributed by atoms with Crippen molar-refractivity contribution in [1.29, 1.82) is 0 Å². The molecule has 1 atom stereocenters. The van der Waals surface area contributed by atoms with Gasteiger partial charge in [0.15, 0.2) is 6.23 Å². The molecule has 4 aromatic rings. The molecule has 1 aliphatic heterocycles. The van der Waals surface area contributed by atoms with Crippen LogP contribution in [-0.4, -0.2) is 77.6 Å². The van der Waals surface area contributed by atoms with Gasteiger partial charge in [-0.05, 0) is 98.6 Å². The maximum Gasteiger partial charge on any atom is 0.410 e. The molecule has 0 aliphatic carbocycles. The number of aromatic nitrogens is 2. The average Bonchev–Trinajstić information content (AvgIpc) is 3.45. The quantitative estimate of drug-likeness (QED) is 0.109. The Morgan fingerprint density at radius 2 is 1.73 bits per heavy atom. The van der Waals surface area contributed by atoms with E-state index in [1.165, 1.54) is 15.9 Å². The van der Waals surface area contributed by atoms with Crippen molar-refractivity contribution in [3.8, 4) is 5.75 Å². The number of ether oxygens (including phenoxy) is 3. The van der Waals surface area contributed by atoms with Crippen LogP contribution in [0, 0.1) is 5.95 Å². The molecule has 3 aromatic carbocycles. The predicted molar refractivity (Wildman–Crippen MR) is 199 cm³/mol. The smallest absolute Gasteiger partial charge is 0.410 e. The van der Waals surface area contributed by atoms with Crippen molar-refractivity contribution in [3.05, 3.63) is 108 Å². The second-order valence-electron chi connectivity index (χ2n) is 13.8. The highest BCUT2D eigenvalue weighted by molar-refractivity contribution is 6.00. The van der Waals surface area contributed by atoms with Crippen LogP contribution in [0.4, 0.5) is 9.18 Å². The number of benzene rings is 3. The summed E-state index contributed by atoms with van der Waals surface area (Å²) in [7, 11) is 3.34. The summed E-state index contributed by atoms with van der Waals surface area (Å²) in [6.07, 6.45) is 5.90. The van der Waals surface area contributed by atoms with Crippen molar-refractivity contribution in [2.45, 2.75) is 65.2 Å². The lowest BCUT2D eigenvalue weighted by molar-refractivity contribution is -0.123. The molecule has 1 saturated heterocycles. The number of rotatable bonds is 12. The molecule has 270 valence electrons. The Hall–Kier alpha value is -4.96. The molecule has 2 heterocycles. The van der Waals surface area contributed by atoms with Crippen LogP contribution in [0.15, 0.2) is 84.9 Å². The zero-order valence-corrected chi connectivity index (χ0v) is 30.5. The van der Waals surface area contributed by atoms with Crippen LogP contribution in [0.25, 0.3) is 22.0 Å². The minimum absolute atomic E-state index is 0.170. The molecule has 1 unspecified atom stereocenters. The fraction of sp³-hybridized carbons (Fsp3) is 0.390. The molecular formula is C41H49FN4O5. The average molecular weight is 697 g/mol. The van der Waals surface area contributed by atoms with E-state index in [0.717, 1.165) is 53.5 Å². The van der Waals surface area contributed by atoms with Crippen LogP contribution in [0.2, 0.25) is 0 Å². The van der Waals surface area contributed by atoms with E-state index in [1.54, 1.807) is 24.9 Å². The van der Waals surface area contributed by atoms with Crippen molar-refractivity contribution >= 4 is 34.0 Å². The Bertz CT molecular complexity index is 1850. The normalized spacial score (nSPS) is 15.5. The number of hydrogen-bond acceptors (Lipinski definition) is 6. The van der Waals surface area contributed by atoms with Crippen LogP contribution in [0.3, 0.4) is 0 Å². The third kappa shape index (κ3) is 9.64. The van der Waals surface area contributed by atoms with Gasteiger partial charge in [-0.2, -0.15) is 4.39 Å². The highest BCUT2D eigenvalue weighted by Gasteiger charge is 2.24. The molecule has 1 aliphatic rings. The Labute approximate surface area is 300 Å². The lowest BCUT2D eigenvalue weighted by Gasteiger charge is -2.26. The third-order valence-electron chi connectivity index (χ3n) is 8.61. The van der Waals surface area contributed by atoms with Crippen molar-refractivity contribution in [1.82, 2.24) is 19.6 Å². The molecule has 0 spiro atoms. The van der Waals surface area contributed by atoms with Gasteiger partial charge in [-0.1, -0.05) is 61.5 Å². The number of carbonyl (C=O) groups excluding carboxylic acids is 2. The molecule has 2 amide bonds. The number of hydrogen-bond donors (Lipinski definition) is 0. The van der Waals surface area contributed by atoms with Crippen LogP contribution < -0.4 is 4.74 Å². The Morgan fingerprint density at radius 3 is 2.37 bits per heavy atom. The summed E-state index contributed by atoms with van der Waals surface area (Å²) in [6, 6.07) is 23.9. The SMILES string of the molecule is CC/C(=C(/c1ccc(OCCN(C/C=C/C(=O)N(C)C)C(=O)OC(C)(C)C)cc1)c1ccc2c(c1)c(F)nn2C1CCCCO1)c1ccccc1. The molecule has 5 rings (SSSR count). The minimum atomic E-state index is -0.669. The highest BCUT2D eigenvalue weighted by atomic mass is 19.1. The van der Waals surface area contributed by atoms with Crippen LogP contribution in [0.1, 0.15) is 76.3 Å². The summed E-state index contributed by atoms with van der Waals surface area (Å²) >= 11 is 0. The number of halogens is 1. The first-order chi connectivity index (χ1) is 24.4. The van der Waals surface area contributed by atoms with E-state index in [1.807, 2.05) is 81.4 Å². The van der Waals surface area contributed by atoms with Gasteiger partial charge in [0.2, 0.25) is 11.9 Å². The molecule has 51 heavy (non-hydrogen) atoms. The molecular weight excluding hydrogens is 647 g/mol. The van der Waals surface area contributed by atoms with Crippen LogP contribution in [-0.2, 0) is 14.3 Å². The maximum absolute atomic E-state index is 15.4. The van der Waals surface area contributed by atoms with Crippen molar-refractivity contribution in [2.75, 3.05) is 40.4 Å². The molecule has 0 radical (unpaired) electrons. The van der Waals surface area contributed by atoms with Gasteiger partial charge in [-0.25, -0.2) is 9.48 Å². The summed E-state index contributed by atoms with van der Waals surface area (Å²) in [5, 5.41) is 4.72. The van der Waals surface area contributed by atoms with Crippen molar-refractivity contribution in [3.63, 3.8) is 0 Å². The van der Waals surface area contributed by atoms with Crippen molar-refractivity contribution < 1.29 is 28.2 Å². The topological polar surface area (TPSA) is 86.1 Å². The summed E-state index contributed by atoms with van der Waals surface area (Å²) in [5.41, 5.74) is 5.09. The zero-order valence-electron chi connectivity index (χ0n) is 30.5. The number of carbonyl (C=O) groups is 2. The monoisotopic (exact) mass is 696 g/mol. The fourth-order valence-corrected chi connectivity index (χ4v) is 6.08. The van der Waals surface area contributed by atoms with E-state index < -0.39 is 17.6 Å². The summed E-state index contributed by atoms with van der Waals surface area (Å²) in [6.45, 7) is 8.86. The Morgan fingerprint density at radius 1 is 1.00 bits per heavy atom. The van der Waals surface area contributed by atoms with E-state index in [2.05, 4.69) is 24.2 Å². The van der Waals surface area contributed by atoms with E-state index in [-0.39, 0.29) is 31.8 Å². The number of allylic oxidation sites excluding steroid dienone is 1. The number of amides is 2. The van der Waals surface area contributed by atoms with Gasteiger partial charge in [0.25, 0.3) is 0 Å². The second kappa shape index (κ2) is 16.8. The van der Waals surface area contributed by atoms with Gasteiger partial charge in [-0.3, -0.25) is 4.79 Å². The molecule has 1 fully saturated rings. The van der Waals surface area contributed by atoms with E-state index in [4.69, 9.17) is 14.2 Å². The lowest BCUT2D eigenvalue weighted by Crippen LogP contribution is -2.39. The van der Waals surface area contributed by atoms with Gasteiger partial charge in [-0.15, -0.1) is 5.10 Å². The summed E-state index contributed by atoms with van der Waals surface area (Å²) < 4.78 is 34.7. The summed E-state index contributed by atoms with van der Waals surface area (Å²) in [5.74, 6) is -0.0488. The van der Waals surface area contributed by atoms with Crippen LogP contribution in [0.5, 0.6) is 5.75 Å². The Kier molecular flexibility index (Phi) is 12.3. The van der Waals surface area contributed by atoms with Gasteiger partial charge < -0.3 is 24.0 Å². The summed E-state index contributed by atoms with van der Waals surface area (Å²) in [4.78, 5) is 27.9. The second-order valence-corrected chi connectivity index (χ2v) is 13.8. The van der Waals surface area contributed by atoms with E-state index in [9.17, 15) is 9.59 Å².